The molecule has 0 radical (unpaired) electrons. The molecule has 2 aromatic rings. The van der Waals surface area contributed by atoms with Crippen LogP contribution in [0.5, 0.6) is 0 Å². The van der Waals surface area contributed by atoms with Gasteiger partial charge in [0.15, 0.2) is 5.82 Å². The van der Waals surface area contributed by atoms with Crippen molar-refractivity contribution in [1.82, 2.24) is 15.0 Å². The third kappa shape index (κ3) is 3.55. The molecule has 1 aliphatic rings. The first-order chi connectivity index (χ1) is 11.5. The molecule has 128 valence electrons. The summed E-state index contributed by atoms with van der Waals surface area (Å²) in [7, 11) is 0. The molecule has 0 bridgehead atoms. The van der Waals surface area contributed by atoms with E-state index < -0.39 is 0 Å². The largest absolute Gasteiger partial charge is 0.337 e. The van der Waals surface area contributed by atoms with Gasteiger partial charge in [-0.05, 0) is 30.7 Å². The van der Waals surface area contributed by atoms with Gasteiger partial charge in [0.25, 0.3) is 5.91 Å². The Balaban J connectivity index is 1.66. The van der Waals surface area contributed by atoms with Gasteiger partial charge in [-0.2, -0.15) is 4.98 Å². The lowest BCUT2D eigenvalue weighted by molar-refractivity contribution is 0.0767. The zero-order valence-corrected chi connectivity index (χ0v) is 13.9. The normalized spacial score (nSPS) is 15.7. The topological polar surface area (TPSA) is 62.5 Å². The van der Waals surface area contributed by atoms with E-state index in [4.69, 9.17) is 4.52 Å². The molecule has 0 spiro atoms. The SMILES string of the molecule is CC(C)c1noc(N2CCCN(C(=O)c3ccc(F)cc3)CC2)n1. The third-order valence-corrected chi connectivity index (χ3v) is 4.09. The zero-order chi connectivity index (χ0) is 17.1. The summed E-state index contributed by atoms with van der Waals surface area (Å²) < 4.78 is 18.3. The van der Waals surface area contributed by atoms with Crippen molar-refractivity contribution in [3.05, 3.63) is 41.5 Å². The molecule has 24 heavy (non-hydrogen) atoms. The van der Waals surface area contributed by atoms with Crippen molar-refractivity contribution < 1.29 is 13.7 Å². The van der Waals surface area contributed by atoms with E-state index in [0.29, 0.717) is 37.0 Å². The number of carbonyl (C=O) groups excluding carboxylic acids is 1. The monoisotopic (exact) mass is 332 g/mol. The van der Waals surface area contributed by atoms with Crippen molar-refractivity contribution >= 4 is 11.9 Å². The Morgan fingerprint density at radius 2 is 1.92 bits per heavy atom. The van der Waals surface area contributed by atoms with E-state index in [0.717, 1.165) is 13.0 Å². The van der Waals surface area contributed by atoms with Crippen molar-refractivity contribution in [2.24, 2.45) is 0 Å². The summed E-state index contributed by atoms with van der Waals surface area (Å²) in [5, 5.41) is 3.99. The summed E-state index contributed by atoms with van der Waals surface area (Å²) in [5.74, 6) is 0.482. The summed E-state index contributed by atoms with van der Waals surface area (Å²) in [6, 6.07) is 6.17. The fourth-order valence-electron chi connectivity index (χ4n) is 2.68. The predicted octanol–water partition coefficient (Wildman–Crippen LogP) is 2.68. The summed E-state index contributed by atoms with van der Waals surface area (Å²) in [6.45, 7) is 6.63. The molecule has 2 heterocycles. The van der Waals surface area contributed by atoms with Crippen molar-refractivity contribution in [1.29, 1.82) is 0 Å². The maximum absolute atomic E-state index is 13.0. The smallest absolute Gasteiger partial charge is 0.324 e. The lowest BCUT2D eigenvalue weighted by Crippen LogP contribution is -2.35. The minimum atomic E-state index is -0.342. The predicted molar refractivity (Wildman–Crippen MR) is 87.5 cm³/mol. The quantitative estimate of drug-likeness (QED) is 0.865. The third-order valence-electron chi connectivity index (χ3n) is 4.09. The first kappa shape index (κ1) is 16.4. The molecule has 0 unspecified atom stereocenters. The number of hydrogen-bond acceptors (Lipinski definition) is 5. The summed E-state index contributed by atoms with van der Waals surface area (Å²) in [5.41, 5.74) is 0.504. The zero-order valence-electron chi connectivity index (χ0n) is 13.9. The van der Waals surface area contributed by atoms with Gasteiger partial charge < -0.3 is 14.3 Å². The minimum absolute atomic E-state index is 0.0785. The van der Waals surface area contributed by atoms with Gasteiger partial charge in [0, 0.05) is 37.7 Å². The van der Waals surface area contributed by atoms with E-state index in [-0.39, 0.29) is 17.6 Å². The number of hydrogen-bond donors (Lipinski definition) is 0. The molecule has 1 aliphatic heterocycles. The van der Waals surface area contributed by atoms with Crippen LogP contribution in [0.2, 0.25) is 0 Å². The van der Waals surface area contributed by atoms with Crippen LogP contribution in [0.4, 0.5) is 10.4 Å². The van der Waals surface area contributed by atoms with E-state index in [9.17, 15) is 9.18 Å². The van der Waals surface area contributed by atoms with E-state index in [1.807, 2.05) is 18.7 Å². The van der Waals surface area contributed by atoms with Crippen molar-refractivity contribution in [2.45, 2.75) is 26.2 Å². The van der Waals surface area contributed by atoms with Gasteiger partial charge in [-0.15, -0.1) is 0 Å². The second kappa shape index (κ2) is 6.98. The second-order valence-corrected chi connectivity index (χ2v) is 6.23. The van der Waals surface area contributed by atoms with Crippen LogP contribution < -0.4 is 4.90 Å². The molecule has 7 heteroatoms. The molecule has 0 atom stereocenters. The number of nitrogens with zero attached hydrogens (tertiary/aromatic N) is 4. The standard InChI is InChI=1S/C17H21FN4O2/c1-12(2)15-19-17(24-20-15)22-9-3-8-21(10-11-22)16(23)13-4-6-14(18)7-5-13/h4-7,12H,3,8-11H2,1-2H3. The first-order valence-electron chi connectivity index (χ1n) is 8.18. The van der Waals surface area contributed by atoms with Crippen LogP contribution in [-0.4, -0.2) is 47.1 Å². The molecule has 0 N–H and O–H groups in total. The number of amides is 1. The molecule has 3 rings (SSSR count). The first-order valence-corrected chi connectivity index (χ1v) is 8.18. The lowest BCUT2D eigenvalue weighted by atomic mass is 10.2. The Morgan fingerprint density at radius 3 is 2.58 bits per heavy atom. The highest BCUT2D eigenvalue weighted by Gasteiger charge is 2.23. The highest BCUT2D eigenvalue weighted by atomic mass is 19.1. The van der Waals surface area contributed by atoms with Crippen LogP contribution >= 0.6 is 0 Å². The number of rotatable bonds is 3. The van der Waals surface area contributed by atoms with E-state index >= 15 is 0 Å². The number of halogens is 1. The molecule has 6 nitrogen and oxygen atoms in total. The molecular formula is C17H21FN4O2. The second-order valence-electron chi connectivity index (χ2n) is 6.23. The van der Waals surface area contributed by atoms with Crippen LogP contribution in [0.1, 0.15) is 42.4 Å². The highest BCUT2D eigenvalue weighted by molar-refractivity contribution is 5.94. The van der Waals surface area contributed by atoms with Crippen LogP contribution in [-0.2, 0) is 0 Å². The van der Waals surface area contributed by atoms with E-state index in [1.54, 1.807) is 4.90 Å². The van der Waals surface area contributed by atoms with Gasteiger partial charge in [0.05, 0.1) is 0 Å². The van der Waals surface area contributed by atoms with Gasteiger partial charge in [0.2, 0.25) is 0 Å². The van der Waals surface area contributed by atoms with Gasteiger partial charge in [0.1, 0.15) is 5.82 Å². The Hall–Kier alpha value is -2.44. The van der Waals surface area contributed by atoms with Crippen molar-refractivity contribution in [3.63, 3.8) is 0 Å². The number of aromatic nitrogens is 2. The number of carbonyl (C=O) groups is 1. The molecule has 0 saturated carbocycles. The summed E-state index contributed by atoms with van der Waals surface area (Å²) >= 11 is 0. The highest BCUT2D eigenvalue weighted by Crippen LogP contribution is 2.18. The van der Waals surface area contributed by atoms with Gasteiger partial charge in [-0.3, -0.25) is 4.79 Å². The molecule has 1 fully saturated rings. The molecule has 0 aliphatic carbocycles. The Kier molecular flexibility index (Phi) is 4.78. The van der Waals surface area contributed by atoms with Crippen LogP contribution in [0, 0.1) is 5.82 Å². The average molecular weight is 332 g/mol. The Bertz CT molecular complexity index is 699. The molecule has 1 amide bonds. The van der Waals surface area contributed by atoms with Crippen LogP contribution in [0.25, 0.3) is 0 Å². The van der Waals surface area contributed by atoms with Crippen molar-refractivity contribution in [3.8, 4) is 0 Å². The summed E-state index contributed by atoms with van der Waals surface area (Å²) in [6.07, 6.45) is 0.812. The van der Waals surface area contributed by atoms with Gasteiger partial charge in [-0.1, -0.05) is 19.0 Å². The average Bonchev–Trinajstić information content (AvgIpc) is 2.94. The molecule has 1 aromatic heterocycles. The fourth-order valence-corrected chi connectivity index (χ4v) is 2.68. The van der Waals surface area contributed by atoms with E-state index in [1.165, 1.54) is 24.3 Å². The van der Waals surface area contributed by atoms with E-state index in [2.05, 4.69) is 10.1 Å². The maximum atomic E-state index is 13.0. The minimum Gasteiger partial charge on any atom is -0.337 e. The van der Waals surface area contributed by atoms with Crippen LogP contribution in [0.15, 0.2) is 28.8 Å². The van der Waals surface area contributed by atoms with Gasteiger partial charge in [-0.25, -0.2) is 4.39 Å². The molecule has 1 saturated heterocycles. The number of benzene rings is 1. The van der Waals surface area contributed by atoms with Gasteiger partial charge >= 0.3 is 6.01 Å². The van der Waals surface area contributed by atoms with Crippen LogP contribution in [0.3, 0.4) is 0 Å². The Labute approximate surface area is 140 Å². The Morgan fingerprint density at radius 1 is 1.17 bits per heavy atom. The summed E-state index contributed by atoms with van der Waals surface area (Å²) in [4.78, 5) is 20.7. The van der Waals surface area contributed by atoms with Crippen molar-refractivity contribution in [2.75, 3.05) is 31.1 Å². The maximum Gasteiger partial charge on any atom is 0.324 e. The lowest BCUT2D eigenvalue weighted by Gasteiger charge is -2.21. The molecular weight excluding hydrogens is 311 g/mol. The fraction of sp³-hybridized carbons (Fsp3) is 0.471. The molecule has 1 aromatic carbocycles. The number of anilines is 1.